The fourth-order valence-corrected chi connectivity index (χ4v) is 2.81. The molecule has 3 heteroatoms. The molecule has 1 fully saturated rings. The van der Waals surface area contributed by atoms with Gasteiger partial charge in [0.25, 0.3) is 5.91 Å². The van der Waals surface area contributed by atoms with E-state index in [0.29, 0.717) is 6.04 Å². The summed E-state index contributed by atoms with van der Waals surface area (Å²) < 4.78 is 0. The average molecular weight is 274 g/mol. The van der Waals surface area contributed by atoms with E-state index in [1.165, 1.54) is 32.1 Å². The third kappa shape index (κ3) is 4.55. The molecule has 20 heavy (non-hydrogen) atoms. The molecule has 0 saturated heterocycles. The van der Waals surface area contributed by atoms with Crippen LogP contribution < -0.4 is 10.6 Å². The van der Waals surface area contributed by atoms with Crippen molar-refractivity contribution in [3.63, 3.8) is 0 Å². The Hall–Kier alpha value is -1.51. The zero-order chi connectivity index (χ0) is 14.2. The van der Waals surface area contributed by atoms with Gasteiger partial charge in [0.05, 0.1) is 0 Å². The van der Waals surface area contributed by atoms with Crippen LogP contribution in [0.25, 0.3) is 0 Å². The highest BCUT2D eigenvalue weighted by Gasteiger charge is 2.14. The molecule has 110 valence electrons. The van der Waals surface area contributed by atoms with Crippen LogP contribution in [-0.4, -0.2) is 18.5 Å². The lowest BCUT2D eigenvalue weighted by molar-refractivity contribution is 0.0930. The number of carbonyl (C=O) groups is 1. The van der Waals surface area contributed by atoms with Crippen molar-refractivity contribution >= 4 is 11.6 Å². The minimum atomic E-state index is 0.0682. The maximum Gasteiger partial charge on any atom is 0.251 e. The smallest absolute Gasteiger partial charge is 0.251 e. The van der Waals surface area contributed by atoms with Crippen molar-refractivity contribution in [2.45, 2.75) is 57.9 Å². The average Bonchev–Trinajstić information content (AvgIpc) is 2.43. The van der Waals surface area contributed by atoms with E-state index >= 15 is 0 Å². The molecular formula is C17H26N2O. The molecule has 0 unspecified atom stereocenters. The lowest BCUT2D eigenvalue weighted by Gasteiger charge is -2.21. The predicted octanol–water partition coefficient (Wildman–Crippen LogP) is 3.96. The summed E-state index contributed by atoms with van der Waals surface area (Å²) in [7, 11) is 0. The number of rotatable bonds is 4. The van der Waals surface area contributed by atoms with E-state index in [4.69, 9.17) is 0 Å². The summed E-state index contributed by atoms with van der Waals surface area (Å²) in [6.45, 7) is 2.96. The van der Waals surface area contributed by atoms with Gasteiger partial charge in [0.2, 0.25) is 0 Å². The summed E-state index contributed by atoms with van der Waals surface area (Å²) in [5.41, 5.74) is 1.82. The molecular weight excluding hydrogens is 248 g/mol. The van der Waals surface area contributed by atoms with Crippen LogP contribution in [0.15, 0.2) is 24.3 Å². The molecule has 1 aromatic rings. The summed E-state index contributed by atoms with van der Waals surface area (Å²) in [6.07, 6.45) is 8.71. The van der Waals surface area contributed by atoms with Crippen molar-refractivity contribution in [2.75, 3.05) is 11.9 Å². The zero-order valence-electron chi connectivity index (χ0n) is 12.5. The fraction of sp³-hybridized carbons (Fsp3) is 0.588. The van der Waals surface area contributed by atoms with Crippen LogP contribution in [0, 0.1) is 0 Å². The quantitative estimate of drug-likeness (QED) is 0.872. The predicted molar refractivity (Wildman–Crippen MR) is 84.2 cm³/mol. The second-order valence-corrected chi connectivity index (χ2v) is 5.62. The molecule has 0 aromatic heterocycles. The van der Waals surface area contributed by atoms with Crippen LogP contribution in [0.5, 0.6) is 0 Å². The topological polar surface area (TPSA) is 41.1 Å². The minimum absolute atomic E-state index is 0.0682. The molecule has 3 nitrogen and oxygen atoms in total. The van der Waals surface area contributed by atoms with Gasteiger partial charge in [-0.3, -0.25) is 4.79 Å². The van der Waals surface area contributed by atoms with E-state index in [-0.39, 0.29) is 5.91 Å². The highest BCUT2D eigenvalue weighted by Crippen LogP contribution is 2.18. The number of hydrogen-bond acceptors (Lipinski definition) is 2. The maximum atomic E-state index is 12.2. The van der Waals surface area contributed by atoms with Crippen molar-refractivity contribution in [1.82, 2.24) is 5.32 Å². The Morgan fingerprint density at radius 2 is 1.65 bits per heavy atom. The summed E-state index contributed by atoms with van der Waals surface area (Å²) in [5, 5.41) is 6.43. The van der Waals surface area contributed by atoms with Gasteiger partial charge >= 0.3 is 0 Å². The van der Waals surface area contributed by atoms with Gasteiger partial charge in [0, 0.05) is 23.8 Å². The molecule has 0 aliphatic heterocycles. The SMILES string of the molecule is CCNc1ccc(C(=O)NC2CCCCCCC2)cc1. The molecule has 0 spiro atoms. The third-order valence-electron chi connectivity index (χ3n) is 3.97. The van der Waals surface area contributed by atoms with Crippen molar-refractivity contribution in [3.8, 4) is 0 Å². The second kappa shape index (κ2) is 7.93. The highest BCUT2D eigenvalue weighted by atomic mass is 16.1. The molecule has 1 aromatic carbocycles. The monoisotopic (exact) mass is 274 g/mol. The molecule has 2 rings (SSSR count). The molecule has 0 radical (unpaired) electrons. The van der Waals surface area contributed by atoms with E-state index in [9.17, 15) is 4.79 Å². The van der Waals surface area contributed by atoms with Gasteiger partial charge in [0.15, 0.2) is 0 Å². The van der Waals surface area contributed by atoms with Crippen molar-refractivity contribution in [3.05, 3.63) is 29.8 Å². The Kier molecular flexibility index (Phi) is 5.90. The normalized spacial score (nSPS) is 17.1. The Morgan fingerprint density at radius 3 is 2.25 bits per heavy atom. The van der Waals surface area contributed by atoms with Crippen LogP contribution in [0.4, 0.5) is 5.69 Å². The third-order valence-corrected chi connectivity index (χ3v) is 3.97. The lowest BCUT2D eigenvalue weighted by atomic mass is 9.96. The molecule has 0 heterocycles. The molecule has 1 aliphatic rings. The first-order valence-electron chi connectivity index (χ1n) is 7.94. The largest absolute Gasteiger partial charge is 0.385 e. The minimum Gasteiger partial charge on any atom is -0.385 e. The number of amides is 1. The Labute approximate surface area is 122 Å². The number of benzene rings is 1. The van der Waals surface area contributed by atoms with E-state index in [1.54, 1.807) is 0 Å². The number of nitrogens with one attached hydrogen (secondary N) is 2. The second-order valence-electron chi connectivity index (χ2n) is 5.62. The van der Waals surface area contributed by atoms with Gasteiger partial charge in [-0.05, 0) is 44.0 Å². The molecule has 2 N–H and O–H groups in total. The van der Waals surface area contributed by atoms with Gasteiger partial charge in [-0.2, -0.15) is 0 Å². The summed E-state index contributed by atoms with van der Waals surface area (Å²) in [6, 6.07) is 8.09. The molecule has 1 amide bonds. The van der Waals surface area contributed by atoms with Crippen LogP contribution >= 0.6 is 0 Å². The van der Waals surface area contributed by atoms with Crippen molar-refractivity contribution in [2.24, 2.45) is 0 Å². The first-order chi connectivity index (χ1) is 9.79. The van der Waals surface area contributed by atoms with Crippen LogP contribution in [0.1, 0.15) is 62.2 Å². The van der Waals surface area contributed by atoms with Crippen LogP contribution in [-0.2, 0) is 0 Å². The van der Waals surface area contributed by atoms with Gasteiger partial charge in [-0.1, -0.05) is 32.1 Å². The van der Waals surface area contributed by atoms with Gasteiger partial charge in [-0.15, -0.1) is 0 Å². The van der Waals surface area contributed by atoms with Crippen LogP contribution in [0.3, 0.4) is 0 Å². The Bertz CT molecular complexity index is 406. The first kappa shape index (κ1) is 14.9. The number of hydrogen-bond donors (Lipinski definition) is 2. The first-order valence-corrected chi connectivity index (χ1v) is 7.94. The van der Waals surface area contributed by atoms with Crippen LogP contribution in [0.2, 0.25) is 0 Å². The summed E-state index contributed by atoms with van der Waals surface area (Å²) in [5.74, 6) is 0.0682. The zero-order valence-corrected chi connectivity index (χ0v) is 12.5. The standard InChI is InChI=1S/C17H26N2O/c1-2-18-15-12-10-14(11-13-15)17(20)19-16-8-6-4-3-5-7-9-16/h10-13,16,18H,2-9H2,1H3,(H,19,20). The summed E-state index contributed by atoms with van der Waals surface area (Å²) in [4.78, 5) is 12.2. The highest BCUT2D eigenvalue weighted by molar-refractivity contribution is 5.94. The fourth-order valence-electron chi connectivity index (χ4n) is 2.81. The van der Waals surface area contributed by atoms with Gasteiger partial charge in [-0.25, -0.2) is 0 Å². The summed E-state index contributed by atoms with van der Waals surface area (Å²) >= 11 is 0. The van der Waals surface area contributed by atoms with Crippen molar-refractivity contribution < 1.29 is 4.79 Å². The number of anilines is 1. The van der Waals surface area contributed by atoms with Crippen molar-refractivity contribution in [1.29, 1.82) is 0 Å². The maximum absolute atomic E-state index is 12.2. The molecule has 1 aliphatic carbocycles. The van der Waals surface area contributed by atoms with E-state index in [1.807, 2.05) is 24.3 Å². The number of carbonyl (C=O) groups excluding carboxylic acids is 1. The lowest BCUT2D eigenvalue weighted by Crippen LogP contribution is -2.35. The van der Waals surface area contributed by atoms with E-state index < -0.39 is 0 Å². The van der Waals surface area contributed by atoms with Gasteiger partial charge in [0.1, 0.15) is 0 Å². The Morgan fingerprint density at radius 1 is 1.05 bits per heavy atom. The Balaban J connectivity index is 1.89. The molecule has 0 bridgehead atoms. The van der Waals surface area contributed by atoms with Gasteiger partial charge < -0.3 is 10.6 Å². The van der Waals surface area contributed by atoms with E-state index in [0.717, 1.165) is 30.6 Å². The molecule has 0 atom stereocenters. The molecule has 1 saturated carbocycles. The van der Waals surface area contributed by atoms with E-state index in [2.05, 4.69) is 17.6 Å².